The molecule has 0 aliphatic heterocycles. The molecule has 2 nitrogen and oxygen atoms in total. The average molecular weight is 204 g/mol. The zero-order valence-electron chi connectivity index (χ0n) is 9.63. The van der Waals surface area contributed by atoms with Crippen molar-refractivity contribution in [1.29, 1.82) is 0 Å². The van der Waals surface area contributed by atoms with Crippen LogP contribution in [0.15, 0.2) is 24.3 Å². The highest BCUT2D eigenvalue weighted by Gasteiger charge is 2.19. The van der Waals surface area contributed by atoms with Crippen LogP contribution in [0.4, 0.5) is 0 Å². The first-order chi connectivity index (χ1) is 7.10. The summed E-state index contributed by atoms with van der Waals surface area (Å²) in [6, 6.07) is 8.33. The Bertz CT molecular complexity index is 331. The van der Waals surface area contributed by atoms with Gasteiger partial charge in [-0.25, -0.2) is 0 Å². The zero-order valence-corrected chi connectivity index (χ0v) is 9.63. The Labute approximate surface area is 91.7 Å². The van der Waals surface area contributed by atoms with E-state index in [-0.39, 0.29) is 5.54 Å². The van der Waals surface area contributed by atoms with Gasteiger partial charge in [0.05, 0.1) is 5.54 Å². The van der Waals surface area contributed by atoms with Crippen molar-refractivity contribution in [3.63, 3.8) is 0 Å². The highest BCUT2D eigenvalue weighted by molar-refractivity contribution is 5.50. The molecule has 1 aromatic rings. The molecule has 0 saturated carbocycles. The van der Waals surface area contributed by atoms with Gasteiger partial charge in [-0.2, -0.15) is 0 Å². The summed E-state index contributed by atoms with van der Waals surface area (Å²) in [5, 5.41) is 2.70. The third-order valence-corrected chi connectivity index (χ3v) is 2.55. The molecule has 2 heteroatoms. The number of hydrogen-bond donors (Lipinski definition) is 1. The van der Waals surface area contributed by atoms with Crippen molar-refractivity contribution in [2.45, 2.75) is 39.2 Å². The SMILES string of the molecule is CCCc1cccc(C(C)(C)N[C]=O)c1. The van der Waals surface area contributed by atoms with Crippen LogP contribution in [0.25, 0.3) is 0 Å². The topological polar surface area (TPSA) is 29.1 Å². The van der Waals surface area contributed by atoms with Crippen LogP contribution in [-0.4, -0.2) is 6.41 Å². The van der Waals surface area contributed by atoms with Crippen LogP contribution in [-0.2, 0) is 16.8 Å². The van der Waals surface area contributed by atoms with Crippen molar-refractivity contribution < 1.29 is 4.79 Å². The van der Waals surface area contributed by atoms with Crippen LogP contribution in [0, 0.1) is 0 Å². The molecule has 0 bridgehead atoms. The molecule has 81 valence electrons. The Morgan fingerprint density at radius 3 is 2.73 bits per heavy atom. The van der Waals surface area contributed by atoms with Gasteiger partial charge in [-0.1, -0.05) is 37.6 Å². The molecule has 0 aliphatic rings. The van der Waals surface area contributed by atoms with E-state index in [4.69, 9.17) is 0 Å². The molecule has 0 aromatic heterocycles. The quantitative estimate of drug-likeness (QED) is 0.734. The maximum absolute atomic E-state index is 10.4. The third kappa shape index (κ3) is 3.08. The predicted octanol–water partition coefficient (Wildman–Crippen LogP) is 2.53. The first-order valence-electron chi connectivity index (χ1n) is 5.34. The van der Waals surface area contributed by atoms with Crippen LogP contribution >= 0.6 is 0 Å². The van der Waals surface area contributed by atoms with Crippen molar-refractivity contribution in [2.75, 3.05) is 0 Å². The molecule has 1 N–H and O–H groups in total. The fraction of sp³-hybridized carbons (Fsp3) is 0.462. The number of hydrogen-bond acceptors (Lipinski definition) is 1. The molecule has 0 fully saturated rings. The van der Waals surface area contributed by atoms with Crippen LogP contribution in [0.3, 0.4) is 0 Å². The van der Waals surface area contributed by atoms with Gasteiger partial charge in [0.2, 0.25) is 0 Å². The summed E-state index contributed by atoms with van der Waals surface area (Å²) in [6.45, 7) is 6.11. The van der Waals surface area contributed by atoms with Crippen molar-refractivity contribution in [1.82, 2.24) is 5.32 Å². The van der Waals surface area contributed by atoms with E-state index in [1.807, 2.05) is 26.0 Å². The van der Waals surface area contributed by atoms with Gasteiger partial charge in [0.1, 0.15) is 0 Å². The standard InChI is InChI=1S/C13H18NO/c1-4-6-11-7-5-8-12(9-11)13(2,3)14-10-15/h5,7-9H,4,6H2,1-3H3,(H,14,15). The lowest BCUT2D eigenvalue weighted by molar-refractivity contribution is 0.451. The maximum Gasteiger partial charge on any atom is 0.310 e. The van der Waals surface area contributed by atoms with Crippen LogP contribution in [0.2, 0.25) is 0 Å². The van der Waals surface area contributed by atoms with Crippen LogP contribution < -0.4 is 5.32 Å². The molecule has 0 unspecified atom stereocenters. The fourth-order valence-corrected chi connectivity index (χ4v) is 1.60. The molecular weight excluding hydrogens is 186 g/mol. The van der Waals surface area contributed by atoms with E-state index in [9.17, 15) is 4.79 Å². The maximum atomic E-state index is 10.4. The Balaban J connectivity index is 2.93. The van der Waals surface area contributed by atoms with Crippen molar-refractivity contribution in [3.8, 4) is 0 Å². The monoisotopic (exact) mass is 204 g/mol. The number of rotatable bonds is 5. The number of aryl methyl sites for hydroxylation is 1. The molecule has 1 radical (unpaired) electrons. The number of nitrogens with one attached hydrogen (secondary N) is 1. The first-order valence-corrected chi connectivity index (χ1v) is 5.34. The highest BCUT2D eigenvalue weighted by atomic mass is 16.1. The molecule has 0 aliphatic carbocycles. The Hall–Kier alpha value is -1.31. The van der Waals surface area contributed by atoms with E-state index in [0.29, 0.717) is 0 Å². The summed E-state index contributed by atoms with van der Waals surface area (Å²) in [4.78, 5) is 10.4. The first kappa shape index (κ1) is 11.8. The average Bonchev–Trinajstić information content (AvgIpc) is 2.19. The van der Waals surface area contributed by atoms with Gasteiger partial charge >= 0.3 is 6.41 Å². The second-order valence-corrected chi connectivity index (χ2v) is 4.30. The lowest BCUT2D eigenvalue weighted by Gasteiger charge is -2.24. The van der Waals surface area contributed by atoms with Gasteiger partial charge in [0, 0.05) is 0 Å². The number of carbonyl (C=O) groups excluding carboxylic acids is 1. The highest BCUT2D eigenvalue weighted by Crippen LogP contribution is 2.20. The summed E-state index contributed by atoms with van der Waals surface area (Å²) in [5.74, 6) is 0. The lowest BCUT2D eigenvalue weighted by Crippen LogP contribution is -2.35. The molecule has 0 saturated heterocycles. The minimum absolute atomic E-state index is 0.342. The Kier molecular flexibility index (Phi) is 3.89. The van der Waals surface area contributed by atoms with Crippen LogP contribution in [0.5, 0.6) is 0 Å². The van der Waals surface area contributed by atoms with Gasteiger partial charge in [0.15, 0.2) is 0 Å². The fourth-order valence-electron chi connectivity index (χ4n) is 1.60. The van der Waals surface area contributed by atoms with Crippen molar-refractivity contribution in [3.05, 3.63) is 35.4 Å². The summed E-state index contributed by atoms with van der Waals surface area (Å²) < 4.78 is 0. The van der Waals surface area contributed by atoms with E-state index in [1.165, 1.54) is 5.56 Å². The van der Waals surface area contributed by atoms with E-state index in [0.717, 1.165) is 18.4 Å². The van der Waals surface area contributed by atoms with Gasteiger partial charge in [-0.05, 0) is 31.4 Å². The van der Waals surface area contributed by atoms with Gasteiger partial charge in [0.25, 0.3) is 0 Å². The second-order valence-electron chi connectivity index (χ2n) is 4.30. The molecule has 15 heavy (non-hydrogen) atoms. The molecular formula is C13H18NO. The summed E-state index contributed by atoms with van der Waals surface area (Å²) in [7, 11) is 0. The molecule has 1 rings (SSSR count). The smallest absolute Gasteiger partial charge is 0.310 e. The Morgan fingerprint density at radius 2 is 2.13 bits per heavy atom. The number of amides is 1. The van der Waals surface area contributed by atoms with E-state index in [1.54, 1.807) is 6.41 Å². The molecule has 0 atom stereocenters. The largest absolute Gasteiger partial charge is 0.339 e. The molecule has 0 heterocycles. The normalized spacial score (nSPS) is 11.1. The van der Waals surface area contributed by atoms with Crippen LogP contribution in [0.1, 0.15) is 38.3 Å². The van der Waals surface area contributed by atoms with Gasteiger partial charge in [-0.3, -0.25) is 4.79 Å². The Morgan fingerprint density at radius 1 is 1.40 bits per heavy atom. The summed E-state index contributed by atoms with van der Waals surface area (Å²) in [6.07, 6.45) is 3.97. The molecule has 0 spiro atoms. The van der Waals surface area contributed by atoms with Crippen molar-refractivity contribution >= 4 is 6.41 Å². The third-order valence-electron chi connectivity index (χ3n) is 2.55. The molecule has 1 amide bonds. The zero-order chi connectivity index (χ0) is 11.3. The molecule has 1 aromatic carbocycles. The second kappa shape index (κ2) is 4.96. The lowest BCUT2D eigenvalue weighted by atomic mass is 9.92. The minimum atomic E-state index is -0.342. The van der Waals surface area contributed by atoms with E-state index < -0.39 is 0 Å². The predicted molar refractivity (Wildman–Crippen MR) is 62.3 cm³/mol. The number of benzene rings is 1. The summed E-state index contributed by atoms with van der Waals surface area (Å²) in [5.41, 5.74) is 2.10. The summed E-state index contributed by atoms with van der Waals surface area (Å²) >= 11 is 0. The van der Waals surface area contributed by atoms with Gasteiger partial charge in [-0.15, -0.1) is 0 Å². The van der Waals surface area contributed by atoms with E-state index >= 15 is 0 Å². The van der Waals surface area contributed by atoms with Gasteiger partial charge < -0.3 is 5.32 Å². The van der Waals surface area contributed by atoms with Crippen molar-refractivity contribution in [2.24, 2.45) is 0 Å². The minimum Gasteiger partial charge on any atom is -0.339 e. The van der Waals surface area contributed by atoms with E-state index in [2.05, 4.69) is 24.4 Å².